The number of rotatable bonds is 6. The van der Waals surface area contributed by atoms with E-state index in [9.17, 15) is 0 Å². The fourth-order valence-electron chi connectivity index (χ4n) is 3.72. The predicted octanol–water partition coefficient (Wildman–Crippen LogP) is 2.66. The summed E-state index contributed by atoms with van der Waals surface area (Å²) >= 11 is 0. The second-order valence-corrected chi connectivity index (χ2v) is 6.50. The molecule has 0 radical (unpaired) electrons. The molecule has 0 aromatic heterocycles. The molecule has 3 heteroatoms. The minimum absolute atomic E-state index is 0.475. The highest BCUT2D eigenvalue weighted by atomic mass is 16.5. The molecule has 19 heavy (non-hydrogen) atoms. The smallest absolute Gasteiger partial charge is 0.0701 e. The van der Waals surface area contributed by atoms with E-state index in [0.29, 0.717) is 12.1 Å². The van der Waals surface area contributed by atoms with Crippen molar-refractivity contribution in [3.05, 3.63) is 0 Å². The Bertz CT molecular complexity index is 235. The summed E-state index contributed by atoms with van der Waals surface area (Å²) in [5, 5.41) is 3.56. The number of nitrogens with one attached hydrogen (secondary N) is 1. The zero-order valence-corrected chi connectivity index (χ0v) is 12.9. The van der Waals surface area contributed by atoms with E-state index in [0.717, 1.165) is 19.1 Å². The minimum atomic E-state index is 0.475. The third-order valence-corrected chi connectivity index (χ3v) is 4.89. The number of ether oxygens (including phenoxy) is 1. The van der Waals surface area contributed by atoms with Crippen molar-refractivity contribution in [1.29, 1.82) is 0 Å². The highest BCUT2D eigenvalue weighted by molar-refractivity contribution is 4.81. The van der Waals surface area contributed by atoms with Gasteiger partial charge in [0.2, 0.25) is 0 Å². The van der Waals surface area contributed by atoms with Crippen LogP contribution in [-0.2, 0) is 4.74 Å². The van der Waals surface area contributed by atoms with Gasteiger partial charge in [-0.2, -0.15) is 0 Å². The van der Waals surface area contributed by atoms with E-state index in [1.807, 2.05) is 0 Å². The van der Waals surface area contributed by atoms with Gasteiger partial charge in [-0.25, -0.2) is 0 Å². The molecule has 1 saturated heterocycles. The monoisotopic (exact) mass is 268 g/mol. The average Bonchev–Trinajstić information content (AvgIpc) is 2.47. The largest absolute Gasteiger partial charge is 0.377 e. The van der Waals surface area contributed by atoms with Crippen LogP contribution in [0.3, 0.4) is 0 Å². The van der Waals surface area contributed by atoms with E-state index in [-0.39, 0.29) is 0 Å². The van der Waals surface area contributed by atoms with Crippen LogP contribution in [-0.4, -0.2) is 50.8 Å². The summed E-state index contributed by atoms with van der Waals surface area (Å²) in [6.07, 6.45) is 11.5. The second kappa shape index (κ2) is 8.23. The van der Waals surface area contributed by atoms with Crippen molar-refractivity contribution in [2.75, 3.05) is 33.8 Å². The van der Waals surface area contributed by atoms with Crippen molar-refractivity contribution in [2.24, 2.45) is 5.92 Å². The van der Waals surface area contributed by atoms with E-state index in [2.05, 4.69) is 24.3 Å². The molecule has 0 amide bonds. The van der Waals surface area contributed by atoms with E-state index in [4.69, 9.17) is 4.74 Å². The maximum absolute atomic E-state index is 5.85. The van der Waals surface area contributed by atoms with Crippen LogP contribution in [0.25, 0.3) is 0 Å². The van der Waals surface area contributed by atoms with Crippen LogP contribution in [0.1, 0.15) is 51.4 Å². The predicted molar refractivity (Wildman–Crippen MR) is 80.5 cm³/mol. The van der Waals surface area contributed by atoms with E-state index < -0.39 is 0 Å². The summed E-state index contributed by atoms with van der Waals surface area (Å²) < 4.78 is 5.85. The normalized spacial score (nSPS) is 27.6. The molecular formula is C16H32N2O. The van der Waals surface area contributed by atoms with Gasteiger partial charge < -0.3 is 15.0 Å². The van der Waals surface area contributed by atoms with Gasteiger partial charge >= 0.3 is 0 Å². The molecular weight excluding hydrogens is 236 g/mol. The van der Waals surface area contributed by atoms with Gasteiger partial charge in [-0.15, -0.1) is 0 Å². The average molecular weight is 268 g/mol. The van der Waals surface area contributed by atoms with Crippen molar-refractivity contribution in [3.8, 4) is 0 Å². The lowest BCUT2D eigenvalue weighted by Gasteiger charge is -2.34. The summed E-state index contributed by atoms with van der Waals surface area (Å²) in [5.41, 5.74) is 0. The highest BCUT2D eigenvalue weighted by Crippen LogP contribution is 2.26. The Morgan fingerprint density at radius 1 is 1.11 bits per heavy atom. The van der Waals surface area contributed by atoms with Crippen LogP contribution in [0.15, 0.2) is 0 Å². The van der Waals surface area contributed by atoms with Gasteiger partial charge in [-0.3, -0.25) is 0 Å². The van der Waals surface area contributed by atoms with E-state index in [1.54, 1.807) is 0 Å². The highest BCUT2D eigenvalue weighted by Gasteiger charge is 2.24. The van der Waals surface area contributed by atoms with Crippen molar-refractivity contribution in [2.45, 2.75) is 63.5 Å². The summed E-state index contributed by atoms with van der Waals surface area (Å²) in [4.78, 5) is 2.48. The Balaban J connectivity index is 1.73. The molecule has 112 valence electrons. The van der Waals surface area contributed by atoms with Crippen molar-refractivity contribution >= 4 is 0 Å². The summed E-state index contributed by atoms with van der Waals surface area (Å²) in [6, 6.07) is 0.661. The van der Waals surface area contributed by atoms with Gasteiger partial charge in [0.1, 0.15) is 0 Å². The van der Waals surface area contributed by atoms with Gasteiger partial charge in [0.15, 0.2) is 0 Å². The molecule has 0 aromatic carbocycles. The van der Waals surface area contributed by atoms with Gasteiger partial charge in [-0.1, -0.05) is 19.3 Å². The number of likely N-dealkylation sites (N-methyl/N-ethyl adjacent to an activating group) is 2. The van der Waals surface area contributed by atoms with Crippen LogP contribution >= 0.6 is 0 Å². The molecule has 1 heterocycles. The van der Waals surface area contributed by atoms with Gasteiger partial charge in [0, 0.05) is 25.7 Å². The molecule has 2 aliphatic rings. The molecule has 2 fully saturated rings. The third-order valence-electron chi connectivity index (χ3n) is 4.89. The number of hydrogen-bond acceptors (Lipinski definition) is 3. The van der Waals surface area contributed by atoms with Crippen LogP contribution in [0.4, 0.5) is 0 Å². The Kier molecular flexibility index (Phi) is 6.62. The lowest BCUT2D eigenvalue weighted by Crippen LogP contribution is -2.45. The Labute approximate surface area is 119 Å². The first-order valence-corrected chi connectivity index (χ1v) is 8.27. The second-order valence-electron chi connectivity index (χ2n) is 6.50. The maximum Gasteiger partial charge on any atom is 0.0701 e. The molecule has 1 aliphatic carbocycles. The number of hydrogen-bond donors (Lipinski definition) is 1. The fraction of sp³-hybridized carbons (Fsp3) is 1.00. The molecule has 1 N–H and O–H groups in total. The zero-order valence-electron chi connectivity index (χ0n) is 12.9. The van der Waals surface area contributed by atoms with Crippen LogP contribution in [0.5, 0.6) is 0 Å². The molecule has 3 nitrogen and oxygen atoms in total. The molecule has 2 rings (SSSR count). The van der Waals surface area contributed by atoms with Crippen LogP contribution in [0, 0.1) is 5.92 Å². The molecule has 0 spiro atoms. The molecule has 1 aliphatic heterocycles. The number of nitrogens with zero attached hydrogens (tertiary/aromatic N) is 1. The summed E-state index contributed by atoms with van der Waals surface area (Å²) in [5.74, 6) is 0.883. The maximum atomic E-state index is 5.85. The van der Waals surface area contributed by atoms with E-state index in [1.165, 1.54) is 57.9 Å². The van der Waals surface area contributed by atoms with Crippen molar-refractivity contribution in [3.63, 3.8) is 0 Å². The molecule has 1 saturated carbocycles. The first-order valence-electron chi connectivity index (χ1n) is 8.27. The molecule has 2 atom stereocenters. The first kappa shape index (κ1) is 15.3. The molecule has 0 aromatic rings. The summed E-state index contributed by atoms with van der Waals surface area (Å²) in [6.45, 7) is 3.24. The quantitative estimate of drug-likeness (QED) is 0.801. The van der Waals surface area contributed by atoms with Gasteiger partial charge in [0.05, 0.1) is 6.10 Å². The van der Waals surface area contributed by atoms with Crippen molar-refractivity contribution in [1.82, 2.24) is 10.2 Å². The Morgan fingerprint density at radius 2 is 1.84 bits per heavy atom. The summed E-state index contributed by atoms with van der Waals surface area (Å²) in [7, 11) is 4.38. The lowest BCUT2D eigenvalue weighted by atomic mass is 9.83. The van der Waals surface area contributed by atoms with E-state index >= 15 is 0 Å². The molecule has 2 unspecified atom stereocenters. The Hall–Kier alpha value is -0.120. The fourth-order valence-corrected chi connectivity index (χ4v) is 3.72. The van der Waals surface area contributed by atoms with Crippen molar-refractivity contribution < 1.29 is 4.74 Å². The Morgan fingerprint density at radius 3 is 2.47 bits per heavy atom. The van der Waals surface area contributed by atoms with Gasteiger partial charge in [-0.05, 0) is 52.1 Å². The van der Waals surface area contributed by atoms with Crippen LogP contribution in [0.2, 0.25) is 0 Å². The standard InChI is InChI=1S/C16H32N2O/c1-17-16(14-8-4-3-5-9-14)13-18(2)12-15-10-6-7-11-19-15/h14-17H,3-13H2,1-2H3. The minimum Gasteiger partial charge on any atom is -0.377 e. The van der Waals surface area contributed by atoms with Gasteiger partial charge in [0.25, 0.3) is 0 Å². The first-order chi connectivity index (χ1) is 9.29. The van der Waals surface area contributed by atoms with Crippen LogP contribution < -0.4 is 5.32 Å². The zero-order chi connectivity index (χ0) is 13.5. The topological polar surface area (TPSA) is 24.5 Å². The third kappa shape index (κ3) is 5.05. The molecule has 0 bridgehead atoms. The lowest BCUT2D eigenvalue weighted by molar-refractivity contribution is -0.00372. The SMILES string of the molecule is CNC(CN(C)CC1CCCCO1)C1CCCCC1.